The van der Waals surface area contributed by atoms with Crippen molar-refractivity contribution >= 4 is 44.7 Å². The van der Waals surface area contributed by atoms with Crippen LogP contribution in [0.15, 0.2) is 48.8 Å². The minimum atomic E-state index is -3.94. The predicted molar refractivity (Wildman–Crippen MR) is 186 cm³/mol. The molecule has 3 N–H and O–H groups in total. The molecule has 0 spiro atoms. The average molecular weight is 752 g/mol. The van der Waals surface area contributed by atoms with Crippen molar-refractivity contribution in [2.75, 3.05) is 6.54 Å². The minimum absolute atomic E-state index is 0.00487. The van der Waals surface area contributed by atoms with Crippen molar-refractivity contribution in [3.05, 3.63) is 71.7 Å². The van der Waals surface area contributed by atoms with Gasteiger partial charge in [0, 0.05) is 18.5 Å². The zero-order valence-corrected chi connectivity index (χ0v) is 29.7. The van der Waals surface area contributed by atoms with Crippen LogP contribution >= 0.6 is 0 Å². The minimum Gasteiger partial charge on any atom is -0.471 e. The number of ether oxygens (including phenoxy) is 1. The first-order chi connectivity index (χ1) is 25.4. The van der Waals surface area contributed by atoms with Gasteiger partial charge in [-0.15, -0.1) is 0 Å². The second kappa shape index (κ2) is 14.4. The monoisotopic (exact) mass is 751 g/mol. The van der Waals surface area contributed by atoms with Gasteiger partial charge in [0.05, 0.1) is 29.1 Å². The van der Waals surface area contributed by atoms with Gasteiger partial charge >= 0.3 is 0 Å². The molecule has 17 heteroatoms. The largest absolute Gasteiger partial charge is 0.471 e. The number of aryl methyl sites for hydroxylation is 1. The van der Waals surface area contributed by atoms with E-state index in [-0.39, 0.29) is 42.8 Å². The highest BCUT2D eigenvalue weighted by molar-refractivity contribution is 7.91. The molecule has 4 aliphatic rings. The molecule has 1 aromatic carbocycles. The Morgan fingerprint density at radius 2 is 1.87 bits per heavy atom. The highest BCUT2D eigenvalue weighted by Gasteiger charge is 2.62. The van der Waals surface area contributed by atoms with E-state index in [1.807, 2.05) is 6.08 Å². The smallest absolute Gasteiger partial charge is 0.259 e. The molecule has 0 unspecified atom stereocenters. The molecule has 7 rings (SSSR count). The van der Waals surface area contributed by atoms with Gasteiger partial charge < -0.3 is 20.3 Å². The summed E-state index contributed by atoms with van der Waals surface area (Å²) >= 11 is 0. The number of rotatable bonds is 7. The summed E-state index contributed by atoms with van der Waals surface area (Å²) in [4.78, 5) is 69.3. The highest BCUT2D eigenvalue weighted by atomic mass is 32.2. The van der Waals surface area contributed by atoms with Crippen LogP contribution in [0.3, 0.4) is 0 Å². The Kier molecular flexibility index (Phi) is 9.86. The second-order valence-corrected chi connectivity index (χ2v) is 16.1. The van der Waals surface area contributed by atoms with Gasteiger partial charge in [-0.25, -0.2) is 27.2 Å². The number of pyridine rings is 1. The van der Waals surface area contributed by atoms with Crippen LogP contribution in [0.4, 0.5) is 8.78 Å². The molecular weight excluding hydrogens is 713 g/mol. The van der Waals surface area contributed by atoms with Crippen molar-refractivity contribution in [1.82, 2.24) is 35.2 Å². The fourth-order valence-corrected chi connectivity index (χ4v) is 8.39. The van der Waals surface area contributed by atoms with Crippen molar-refractivity contribution in [3.8, 4) is 5.88 Å². The molecule has 280 valence electrons. The summed E-state index contributed by atoms with van der Waals surface area (Å²) in [5, 5.41) is 4.77. The van der Waals surface area contributed by atoms with E-state index in [9.17, 15) is 36.4 Å². The number of allylic oxidation sites excluding steroid dienone is 1. The van der Waals surface area contributed by atoms with Gasteiger partial charge in [-0.05, 0) is 63.6 Å². The summed E-state index contributed by atoms with van der Waals surface area (Å²) in [5.74, 6) is -5.04. The van der Waals surface area contributed by atoms with E-state index in [0.717, 1.165) is 6.20 Å². The second-order valence-electron chi connectivity index (χ2n) is 14.1. The third-order valence-corrected chi connectivity index (χ3v) is 12.0. The summed E-state index contributed by atoms with van der Waals surface area (Å²) in [5.41, 5.74) is -1.26. The zero-order valence-electron chi connectivity index (χ0n) is 28.9. The summed E-state index contributed by atoms with van der Waals surface area (Å²) in [6, 6.07) is 3.13. The van der Waals surface area contributed by atoms with E-state index in [1.54, 1.807) is 19.1 Å². The number of benzene rings is 1. The van der Waals surface area contributed by atoms with Gasteiger partial charge in [-0.3, -0.25) is 28.9 Å². The molecule has 1 saturated heterocycles. The van der Waals surface area contributed by atoms with Gasteiger partial charge in [0.25, 0.3) is 11.8 Å². The molecule has 0 bridgehead atoms. The Morgan fingerprint density at radius 1 is 1.06 bits per heavy atom. The van der Waals surface area contributed by atoms with Crippen LogP contribution in [0.5, 0.6) is 5.88 Å². The molecule has 2 aliphatic carbocycles. The van der Waals surface area contributed by atoms with Crippen LogP contribution in [-0.4, -0.2) is 87.4 Å². The van der Waals surface area contributed by atoms with E-state index in [2.05, 4.69) is 30.3 Å². The van der Waals surface area contributed by atoms with Crippen molar-refractivity contribution in [1.29, 1.82) is 0 Å². The summed E-state index contributed by atoms with van der Waals surface area (Å²) < 4.78 is 63.1. The van der Waals surface area contributed by atoms with Crippen LogP contribution < -0.4 is 20.1 Å². The Bertz CT molecular complexity index is 2110. The van der Waals surface area contributed by atoms with E-state index in [4.69, 9.17) is 4.74 Å². The lowest BCUT2D eigenvalue weighted by atomic mass is 10.0. The standard InChI is InChI=1S/C36H39F2N7O7S/c1-20-33(42-30-25(37)9-7-11-27(30)40-20)52-22-16-29-32(47)43-36(35(49)44-53(50,51)23-12-13-23)17-21(36)8-5-3-2-4-6-10-28(34(48)45(29)19-22)41-31(46)24-14-15-39-18-26(24)38/h5,7-9,11,14-15,18,21-23,28-29H,2-4,6,10,12-13,16-17,19H2,1H3,(H,41,46)(H,43,47)(H,44,49)/b8-5-/t21-,22-,28+,29+,36-/m1/s1. The molecule has 5 atom stereocenters. The molecule has 14 nitrogen and oxygen atoms in total. The maximum atomic E-state index is 14.7. The Morgan fingerprint density at radius 3 is 2.64 bits per heavy atom. The quantitative estimate of drug-likeness (QED) is 0.303. The SMILES string of the molecule is Cc1nc2cccc(F)c2nc1O[C@@H]1C[C@H]2C(=O)N[C@]3(C(=O)NS(=O)(=O)C4CC4)C[C@H]3/C=C\CCCCC[C@H](NC(=O)c3ccncc3F)C(=O)N2C1. The van der Waals surface area contributed by atoms with Crippen molar-refractivity contribution < 1.29 is 41.1 Å². The number of nitrogens with zero attached hydrogens (tertiary/aromatic N) is 4. The lowest BCUT2D eigenvalue weighted by Crippen LogP contribution is -2.58. The fraction of sp³-hybridized carbons (Fsp3) is 0.472. The summed E-state index contributed by atoms with van der Waals surface area (Å²) in [6.07, 6.45) is 8.61. The van der Waals surface area contributed by atoms with Gasteiger partial charge in [0.15, 0.2) is 11.6 Å². The Balaban J connectivity index is 1.20. The molecule has 3 aromatic rings. The van der Waals surface area contributed by atoms with Crippen LogP contribution in [0.1, 0.15) is 73.8 Å². The number of para-hydroxylation sites is 1. The number of amides is 4. The summed E-state index contributed by atoms with van der Waals surface area (Å²) in [6.45, 7) is 1.46. The van der Waals surface area contributed by atoms with E-state index in [0.29, 0.717) is 49.7 Å². The first-order valence-electron chi connectivity index (χ1n) is 17.7. The third kappa shape index (κ3) is 7.57. The van der Waals surface area contributed by atoms with Crippen LogP contribution in [-0.2, 0) is 24.4 Å². The number of fused-ring (bicyclic) bond motifs is 3. The number of aromatic nitrogens is 3. The Labute approximate surface area is 304 Å². The molecule has 3 fully saturated rings. The van der Waals surface area contributed by atoms with Crippen molar-refractivity contribution in [2.45, 2.75) is 93.7 Å². The van der Waals surface area contributed by atoms with Gasteiger partial charge in [-0.1, -0.05) is 31.1 Å². The van der Waals surface area contributed by atoms with Gasteiger partial charge in [-0.2, -0.15) is 0 Å². The van der Waals surface area contributed by atoms with Crippen LogP contribution in [0.2, 0.25) is 0 Å². The maximum Gasteiger partial charge on any atom is 0.259 e. The van der Waals surface area contributed by atoms with E-state index in [1.165, 1.54) is 29.3 Å². The van der Waals surface area contributed by atoms with Crippen molar-refractivity contribution in [3.63, 3.8) is 0 Å². The molecular formula is C36H39F2N7O7S. The number of sulfonamides is 1. The lowest BCUT2D eigenvalue weighted by Gasteiger charge is -2.30. The van der Waals surface area contributed by atoms with E-state index >= 15 is 0 Å². The molecule has 53 heavy (non-hydrogen) atoms. The molecule has 4 heterocycles. The number of halogens is 2. The molecule has 2 aromatic heterocycles. The summed E-state index contributed by atoms with van der Waals surface area (Å²) in [7, 11) is -3.94. The van der Waals surface area contributed by atoms with Gasteiger partial charge in [0.1, 0.15) is 34.9 Å². The molecule has 0 radical (unpaired) electrons. The third-order valence-electron chi connectivity index (χ3n) is 10.2. The van der Waals surface area contributed by atoms with Crippen LogP contribution in [0.25, 0.3) is 11.0 Å². The number of carbonyl (C=O) groups excluding carboxylic acids is 4. The first-order valence-corrected chi connectivity index (χ1v) is 19.3. The lowest BCUT2D eigenvalue weighted by molar-refractivity contribution is -0.141. The topological polar surface area (TPSA) is 190 Å². The van der Waals surface area contributed by atoms with Gasteiger partial charge in [0.2, 0.25) is 27.7 Å². The molecule has 4 amide bonds. The van der Waals surface area contributed by atoms with Crippen molar-refractivity contribution in [2.24, 2.45) is 5.92 Å². The van der Waals surface area contributed by atoms with Crippen LogP contribution in [0, 0.1) is 24.5 Å². The average Bonchev–Trinajstić information content (AvgIpc) is 4.04. The van der Waals surface area contributed by atoms with E-state index < -0.39 is 80.2 Å². The number of hydrogen-bond donors (Lipinski definition) is 3. The maximum absolute atomic E-state index is 14.7. The molecule has 2 aliphatic heterocycles. The highest BCUT2D eigenvalue weighted by Crippen LogP contribution is 2.46. The number of nitrogens with one attached hydrogen (secondary N) is 3. The normalized spacial score (nSPS) is 27.0. The Hall–Kier alpha value is -5.06. The number of carbonyl (C=O) groups is 4. The zero-order chi connectivity index (χ0) is 37.5. The number of hydrogen-bond acceptors (Lipinski definition) is 10. The first kappa shape index (κ1) is 36.3. The fourth-order valence-electron chi connectivity index (χ4n) is 7.03. The predicted octanol–water partition coefficient (Wildman–Crippen LogP) is 2.76. The molecule has 2 saturated carbocycles.